The van der Waals surface area contributed by atoms with Crippen LogP contribution in [-0.4, -0.2) is 84.1 Å². The Bertz CT molecular complexity index is 2130. The number of thiophene rings is 1. The Labute approximate surface area is 320 Å². The number of ether oxygens (including phenoxy) is 1. The second kappa shape index (κ2) is 15.6. The van der Waals surface area contributed by atoms with Gasteiger partial charge in [-0.15, -0.1) is 17.9 Å². The highest BCUT2D eigenvalue weighted by Gasteiger charge is 2.33. The minimum Gasteiger partial charge on any atom is -0.508 e. The van der Waals surface area contributed by atoms with E-state index >= 15 is 0 Å². The lowest BCUT2D eigenvalue weighted by atomic mass is 9.95. The van der Waals surface area contributed by atoms with E-state index in [9.17, 15) is 19.8 Å². The van der Waals surface area contributed by atoms with Crippen molar-refractivity contribution >= 4 is 45.0 Å². The number of hydrogen-bond acceptors (Lipinski definition) is 9. The minimum absolute atomic E-state index is 0.0491. The Morgan fingerprint density at radius 3 is 2.26 bits per heavy atom. The summed E-state index contributed by atoms with van der Waals surface area (Å²) in [6.45, 7) is 11.4. The Balaban J connectivity index is 0.831. The Morgan fingerprint density at radius 2 is 1.54 bits per heavy atom. The van der Waals surface area contributed by atoms with Crippen LogP contribution in [0.15, 0.2) is 97.6 Å². The molecule has 0 spiro atoms. The molecule has 3 aliphatic rings. The summed E-state index contributed by atoms with van der Waals surface area (Å²) < 4.78 is 7.46. The van der Waals surface area contributed by atoms with Crippen LogP contribution in [0.25, 0.3) is 20.5 Å². The van der Waals surface area contributed by atoms with Crippen LogP contribution in [0.2, 0.25) is 0 Å². The number of nitrogens with zero attached hydrogens (tertiary/aromatic N) is 4. The fraction of sp³-hybridized carbons (Fsp3) is 0.318. The summed E-state index contributed by atoms with van der Waals surface area (Å²) in [6, 6.07) is 26.6. The number of carbonyl (C=O) groups is 2. The van der Waals surface area contributed by atoms with E-state index in [-0.39, 0.29) is 17.4 Å². The summed E-state index contributed by atoms with van der Waals surface area (Å²) in [4.78, 5) is 35.0. The highest BCUT2D eigenvalue weighted by atomic mass is 32.1. The third-order valence-corrected chi connectivity index (χ3v) is 12.4. The highest BCUT2D eigenvalue weighted by Crippen LogP contribution is 2.47. The van der Waals surface area contributed by atoms with Gasteiger partial charge in [0.05, 0.1) is 10.9 Å². The molecule has 3 aliphatic heterocycles. The molecule has 2 fully saturated rings. The van der Waals surface area contributed by atoms with Gasteiger partial charge in [-0.2, -0.15) is 0 Å². The fourth-order valence-corrected chi connectivity index (χ4v) is 9.28. The molecule has 4 heterocycles. The van der Waals surface area contributed by atoms with Gasteiger partial charge in [0, 0.05) is 79.4 Å². The molecule has 1 unspecified atom stereocenters. The standard InChI is InChI=1S/C44H46N4O5S/c1-2-3-4-35(29-49)48-28-32-25-34(9-15-39(32)44(48)52)47-23-21-45(22-24-47)27-30-17-19-46(20-18-30)33-7-13-38(14-8-33)53-42-40-16-12-37(51)26-41(40)54-43(42)31-5-10-36(50)11-6-31/h2,5-16,25-26,29-30,35,50-51H,1,3-4,17-24,27-28H2. The molecule has 1 aromatic heterocycles. The molecule has 54 heavy (non-hydrogen) atoms. The maximum absolute atomic E-state index is 13.1. The number of benzene rings is 4. The number of aldehydes is 1. The van der Waals surface area contributed by atoms with Crippen LogP contribution in [0.3, 0.4) is 0 Å². The average Bonchev–Trinajstić information content (AvgIpc) is 3.72. The van der Waals surface area contributed by atoms with Gasteiger partial charge >= 0.3 is 0 Å². The Morgan fingerprint density at radius 1 is 0.833 bits per heavy atom. The molecule has 278 valence electrons. The van der Waals surface area contributed by atoms with Crippen molar-refractivity contribution in [1.82, 2.24) is 9.80 Å². The predicted molar refractivity (Wildman–Crippen MR) is 216 cm³/mol. The van der Waals surface area contributed by atoms with Crippen LogP contribution in [0, 0.1) is 5.92 Å². The molecule has 4 aromatic carbocycles. The smallest absolute Gasteiger partial charge is 0.255 e. The zero-order valence-corrected chi connectivity index (χ0v) is 31.2. The van der Waals surface area contributed by atoms with Crippen molar-refractivity contribution in [3.8, 4) is 33.4 Å². The van der Waals surface area contributed by atoms with Gasteiger partial charge in [0.25, 0.3) is 5.91 Å². The van der Waals surface area contributed by atoms with Gasteiger partial charge in [-0.3, -0.25) is 9.69 Å². The maximum Gasteiger partial charge on any atom is 0.255 e. The van der Waals surface area contributed by atoms with Gasteiger partial charge in [-0.1, -0.05) is 6.08 Å². The number of phenols is 2. The van der Waals surface area contributed by atoms with Crippen molar-refractivity contribution in [1.29, 1.82) is 0 Å². The van der Waals surface area contributed by atoms with Crippen molar-refractivity contribution in [3.05, 3.63) is 109 Å². The lowest BCUT2D eigenvalue weighted by Gasteiger charge is -2.40. The van der Waals surface area contributed by atoms with Gasteiger partial charge in [-0.25, -0.2) is 0 Å². The number of carbonyl (C=O) groups excluding carboxylic acids is 2. The first-order valence-electron chi connectivity index (χ1n) is 18.9. The molecule has 2 saturated heterocycles. The second-order valence-corrected chi connectivity index (χ2v) is 15.7. The van der Waals surface area contributed by atoms with Gasteiger partial charge < -0.3 is 34.4 Å². The quantitative estimate of drug-likeness (QED) is 0.0974. The molecule has 5 aromatic rings. The van der Waals surface area contributed by atoms with Crippen LogP contribution in [0.4, 0.5) is 11.4 Å². The molecule has 9 nitrogen and oxygen atoms in total. The van der Waals surface area contributed by atoms with Crippen LogP contribution in [-0.2, 0) is 11.3 Å². The molecule has 10 heteroatoms. The van der Waals surface area contributed by atoms with Crippen molar-refractivity contribution in [2.75, 3.05) is 55.6 Å². The number of fused-ring (bicyclic) bond motifs is 2. The fourth-order valence-electron chi connectivity index (χ4n) is 8.12. The second-order valence-electron chi connectivity index (χ2n) is 14.6. The largest absolute Gasteiger partial charge is 0.508 e. The lowest BCUT2D eigenvalue weighted by Crippen LogP contribution is -2.49. The summed E-state index contributed by atoms with van der Waals surface area (Å²) >= 11 is 1.56. The van der Waals surface area contributed by atoms with Gasteiger partial charge in [0.15, 0.2) is 5.75 Å². The first-order chi connectivity index (χ1) is 26.4. The summed E-state index contributed by atoms with van der Waals surface area (Å²) in [5, 5.41) is 20.9. The minimum atomic E-state index is -0.411. The number of piperidine rings is 1. The number of hydrogen-bond donors (Lipinski definition) is 2. The van der Waals surface area contributed by atoms with E-state index in [4.69, 9.17) is 4.74 Å². The van der Waals surface area contributed by atoms with Crippen molar-refractivity contribution in [3.63, 3.8) is 0 Å². The maximum atomic E-state index is 13.1. The molecule has 0 saturated carbocycles. The average molecular weight is 743 g/mol. The molecule has 8 rings (SSSR count). The number of anilines is 2. The lowest BCUT2D eigenvalue weighted by molar-refractivity contribution is -0.112. The predicted octanol–water partition coefficient (Wildman–Crippen LogP) is 8.30. The zero-order chi connectivity index (χ0) is 37.2. The number of amides is 1. The van der Waals surface area contributed by atoms with Crippen molar-refractivity contribution < 1.29 is 24.5 Å². The molecular weight excluding hydrogens is 697 g/mol. The Hall–Kier alpha value is -5.32. The van der Waals surface area contributed by atoms with E-state index in [1.54, 1.807) is 46.6 Å². The number of allylic oxidation sites excluding steroid dienone is 1. The van der Waals surface area contributed by atoms with Crippen LogP contribution in [0.5, 0.6) is 23.0 Å². The van der Waals surface area contributed by atoms with E-state index in [2.05, 4.69) is 45.5 Å². The molecule has 0 bridgehead atoms. The van der Waals surface area contributed by atoms with E-state index < -0.39 is 6.04 Å². The van der Waals surface area contributed by atoms with Gasteiger partial charge in [0.2, 0.25) is 0 Å². The van der Waals surface area contributed by atoms with Crippen LogP contribution < -0.4 is 14.5 Å². The monoisotopic (exact) mass is 742 g/mol. The molecule has 0 radical (unpaired) electrons. The summed E-state index contributed by atoms with van der Waals surface area (Å²) in [7, 11) is 0. The summed E-state index contributed by atoms with van der Waals surface area (Å²) in [5.41, 5.74) is 5.03. The molecular formula is C44H46N4O5S. The molecule has 1 amide bonds. The van der Waals surface area contributed by atoms with Crippen molar-refractivity contribution in [2.24, 2.45) is 5.92 Å². The third kappa shape index (κ3) is 7.41. The van der Waals surface area contributed by atoms with E-state index in [0.29, 0.717) is 30.9 Å². The van der Waals surface area contributed by atoms with Crippen LogP contribution in [0.1, 0.15) is 41.6 Å². The number of aromatic hydroxyl groups is 2. The van der Waals surface area contributed by atoms with Crippen molar-refractivity contribution in [2.45, 2.75) is 38.3 Å². The van der Waals surface area contributed by atoms with Crippen LogP contribution >= 0.6 is 11.3 Å². The zero-order valence-electron chi connectivity index (χ0n) is 30.4. The molecule has 1 atom stereocenters. The first kappa shape index (κ1) is 35.7. The van der Waals surface area contributed by atoms with E-state index in [1.807, 2.05) is 36.4 Å². The summed E-state index contributed by atoms with van der Waals surface area (Å²) in [6.07, 6.45) is 6.32. The SMILES string of the molecule is C=CCCC(C=O)N1Cc2cc(N3CCN(CC4CCN(c5ccc(Oc6c(-c7ccc(O)cc7)sc7cc(O)ccc67)cc5)CC4)CC3)ccc2C1=O. The third-order valence-electron chi connectivity index (χ3n) is 11.2. The van der Waals surface area contributed by atoms with Gasteiger partial charge in [-0.05, 0) is 128 Å². The highest BCUT2D eigenvalue weighted by molar-refractivity contribution is 7.22. The number of piperazine rings is 1. The number of rotatable bonds is 12. The normalized spacial score (nSPS) is 17.2. The molecule has 0 aliphatic carbocycles. The van der Waals surface area contributed by atoms with E-state index in [0.717, 1.165) is 108 Å². The Kier molecular flexibility index (Phi) is 10.3. The topological polar surface area (TPSA) is 96.8 Å². The number of phenolic OH excluding ortho intramolecular Hbond substituents is 2. The van der Waals surface area contributed by atoms with E-state index in [1.165, 1.54) is 5.69 Å². The molecule has 2 N–H and O–H groups in total. The van der Waals surface area contributed by atoms with Gasteiger partial charge in [0.1, 0.15) is 23.5 Å². The summed E-state index contributed by atoms with van der Waals surface area (Å²) in [5.74, 6) is 2.55. The first-order valence-corrected chi connectivity index (χ1v) is 19.7.